The van der Waals surface area contributed by atoms with Gasteiger partial charge in [-0.1, -0.05) is 6.07 Å². The van der Waals surface area contributed by atoms with Gasteiger partial charge in [-0.25, -0.2) is 9.37 Å². The third-order valence-electron chi connectivity index (χ3n) is 3.04. The highest BCUT2D eigenvalue weighted by Gasteiger charge is 2.34. The van der Waals surface area contributed by atoms with Crippen molar-refractivity contribution in [3.63, 3.8) is 0 Å². The summed E-state index contributed by atoms with van der Waals surface area (Å²) in [6, 6.07) is 5.85. The van der Waals surface area contributed by atoms with E-state index < -0.39 is 17.6 Å². The number of hydrogen-bond donors (Lipinski definition) is 1. The highest BCUT2D eigenvalue weighted by molar-refractivity contribution is 6.31. The minimum Gasteiger partial charge on any atom is -0.471 e. The quantitative estimate of drug-likeness (QED) is 0.386. The second kappa shape index (κ2) is 7.73. The topological polar surface area (TPSA) is 72.9 Å². The molecule has 9 heteroatoms. The zero-order valence-corrected chi connectivity index (χ0v) is 13.1. The van der Waals surface area contributed by atoms with Crippen molar-refractivity contribution in [2.24, 2.45) is 15.9 Å². The molecular weight excluding hydrogens is 340 g/mol. The number of hydrazone groups is 1. The van der Waals surface area contributed by atoms with Crippen LogP contribution in [0.1, 0.15) is 11.1 Å². The first kappa shape index (κ1) is 18.4. The van der Waals surface area contributed by atoms with Gasteiger partial charge in [0, 0.05) is 12.3 Å². The van der Waals surface area contributed by atoms with E-state index in [1.54, 1.807) is 18.3 Å². The molecule has 0 amide bonds. The molecule has 2 N–H and O–H groups in total. The number of ether oxygens (including phenoxy) is 1. The number of alkyl halides is 3. The molecule has 0 radical (unpaired) electrons. The summed E-state index contributed by atoms with van der Waals surface area (Å²) in [5.74, 6) is 4.17. The number of rotatable bonds is 5. The van der Waals surface area contributed by atoms with Crippen molar-refractivity contribution in [1.29, 1.82) is 0 Å². The third kappa shape index (κ3) is 5.27. The number of nitrogens with two attached hydrogens (primary N) is 1. The Balaban J connectivity index is 2.07. The summed E-state index contributed by atoms with van der Waals surface area (Å²) >= 11 is 0. The van der Waals surface area contributed by atoms with Crippen LogP contribution in [0.5, 0.6) is 5.88 Å². The Labute approximate surface area is 140 Å². The fraction of sp³-hybridized carbons (Fsp3) is 0.188. The van der Waals surface area contributed by atoms with E-state index in [-0.39, 0.29) is 18.0 Å². The number of benzene rings is 1. The highest BCUT2D eigenvalue weighted by Crippen LogP contribution is 2.33. The van der Waals surface area contributed by atoms with Gasteiger partial charge >= 0.3 is 6.18 Å². The molecule has 0 aliphatic rings. The molecule has 0 bridgehead atoms. The Morgan fingerprint density at radius 3 is 2.64 bits per heavy atom. The minimum absolute atomic E-state index is 0.0800. The zero-order valence-electron chi connectivity index (χ0n) is 13.1. The summed E-state index contributed by atoms with van der Waals surface area (Å²) in [5.41, 5.74) is -0.365. The Bertz CT molecular complexity index is 786. The van der Waals surface area contributed by atoms with E-state index in [9.17, 15) is 17.6 Å². The molecule has 0 aliphatic heterocycles. The van der Waals surface area contributed by atoms with Crippen molar-refractivity contribution >= 4 is 17.6 Å². The molecule has 25 heavy (non-hydrogen) atoms. The zero-order chi connectivity index (χ0) is 18.4. The first-order valence-corrected chi connectivity index (χ1v) is 7.02. The van der Waals surface area contributed by atoms with Gasteiger partial charge in [0.05, 0.1) is 17.5 Å². The maximum Gasteiger partial charge on any atom is 0.419 e. The smallest absolute Gasteiger partial charge is 0.419 e. The summed E-state index contributed by atoms with van der Waals surface area (Å²) in [6.45, 7) is 1.79. The lowest BCUT2D eigenvalue weighted by atomic mass is 10.2. The summed E-state index contributed by atoms with van der Waals surface area (Å²) in [5, 5.41) is 3.44. The molecule has 1 heterocycles. The van der Waals surface area contributed by atoms with Gasteiger partial charge in [0.25, 0.3) is 0 Å². The third-order valence-corrected chi connectivity index (χ3v) is 3.04. The number of nitrogens with zero attached hydrogens (tertiary/aromatic N) is 3. The normalized spacial score (nSPS) is 12.6. The lowest BCUT2D eigenvalue weighted by molar-refractivity contribution is -0.139. The molecule has 0 unspecified atom stereocenters. The monoisotopic (exact) mass is 354 g/mol. The molecule has 5 nitrogen and oxygen atoms in total. The largest absolute Gasteiger partial charge is 0.471 e. The lowest BCUT2D eigenvalue weighted by Gasteiger charge is -2.08. The second-order valence-electron chi connectivity index (χ2n) is 5.00. The Hall–Kier alpha value is -2.97. The first-order valence-electron chi connectivity index (χ1n) is 7.02. The van der Waals surface area contributed by atoms with Gasteiger partial charge in [-0.3, -0.25) is 4.99 Å². The fourth-order valence-electron chi connectivity index (χ4n) is 1.76. The predicted octanol–water partition coefficient (Wildman–Crippen LogP) is 3.64. The van der Waals surface area contributed by atoms with E-state index in [2.05, 4.69) is 15.1 Å². The molecule has 0 saturated heterocycles. The fourth-order valence-corrected chi connectivity index (χ4v) is 1.76. The number of pyridine rings is 1. The van der Waals surface area contributed by atoms with Gasteiger partial charge < -0.3 is 10.6 Å². The molecular formula is C16H14F4N4O. The van der Waals surface area contributed by atoms with Gasteiger partial charge in [-0.15, -0.1) is 0 Å². The van der Waals surface area contributed by atoms with E-state index in [1.165, 1.54) is 0 Å². The van der Waals surface area contributed by atoms with Crippen LogP contribution in [0.4, 0.5) is 23.2 Å². The molecule has 0 saturated carbocycles. The van der Waals surface area contributed by atoms with Crippen molar-refractivity contribution in [1.82, 2.24) is 4.98 Å². The van der Waals surface area contributed by atoms with Gasteiger partial charge in [-0.05, 0) is 30.7 Å². The summed E-state index contributed by atoms with van der Waals surface area (Å²) in [4.78, 5) is 7.84. The molecule has 0 atom stereocenters. The Kier molecular flexibility index (Phi) is 5.68. The van der Waals surface area contributed by atoms with Gasteiger partial charge in [0.1, 0.15) is 18.1 Å². The van der Waals surface area contributed by atoms with Crippen molar-refractivity contribution in [2.45, 2.75) is 13.1 Å². The van der Waals surface area contributed by atoms with Gasteiger partial charge in [0.2, 0.25) is 5.88 Å². The highest BCUT2D eigenvalue weighted by atomic mass is 19.4. The predicted molar refractivity (Wildman–Crippen MR) is 85.6 cm³/mol. The number of halogens is 4. The maximum atomic E-state index is 13.2. The van der Waals surface area contributed by atoms with E-state index >= 15 is 0 Å². The average molecular weight is 354 g/mol. The van der Waals surface area contributed by atoms with Crippen LogP contribution in [-0.4, -0.2) is 23.5 Å². The first-order chi connectivity index (χ1) is 11.8. The number of aromatic nitrogens is 1. The molecule has 2 rings (SSSR count). The average Bonchev–Trinajstić information content (AvgIpc) is 2.57. The van der Waals surface area contributed by atoms with E-state index in [0.717, 1.165) is 17.8 Å². The van der Waals surface area contributed by atoms with Crippen LogP contribution >= 0.6 is 0 Å². The molecule has 1 aromatic heterocycles. The molecule has 132 valence electrons. The Morgan fingerprint density at radius 2 is 2.04 bits per heavy atom. The second-order valence-corrected chi connectivity index (χ2v) is 5.00. The van der Waals surface area contributed by atoms with Crippen LogP contribution in [0.25, 0.3) is 0 Å². The van der Waals surface area contributed by atoms with Crippen molar-refractivity contribution in [2.75, 3.05) is 6.61 Å². The van der Waals surface area contributed by atoms with Crippen molar-refractivity contribution in [3.8, 4) is 5.88 Å². The summed E-state index contributed by atoms with van der Waals surface area (Å²) in [7, 11) is 0. The molecule has 1 aromatic carbocycles. The van der Waals surface area contributed by atoms with Gasteiger partial charge in [-0.2, -0.15) is 18.3 Å². The van der Waals surface area contributed by atoms with Gasteiger partial charge in [0.15, 0.2) is 0 Å². The number of hydrogen-bond acceptors (Lipinski definition) is 5. The lowest BCUT2D eigenvalue weighted by Crippen LogP contribution is -2.15. The summed E-state index contributed by atoms with van der Waals surface area (Å²) < 4.78 is 56.6. The van der Waals surface area contributed by atoms with Crippen molar-refractivity contribution in [3.05, 3.63) is 53.5 Å². The van der Waals surface area contributed by atoms with Crippen LogP contribution in [0.2, 0.25) is 0 Å². The van der Waals surface area contributed by atoms with Crippen LogP contribution in [0.15, 0.2) is 46.6 Å². The van der Waals surface area contributed by atoms with E-state index in [4.69, 9.17) is 10.6 Å². The summed E-state index contributed by atoms with van der Waals surface area (Å²) in [6.07, 6.45) is -2.05. The van der Waals surface area contributed by atoms with Crippen LogP contribution in [0, 0.1) is 12.7 Å². The van der Waals surface area contributed by atoms with E-state index in [0.29, 0.717) is 18.0 Å². The molecule has 2 aromatic rings. The maximum absolute atomic E-state index is 13.2. The molecule has 0 spiro atoms. The van der Waals surface area contributed by atoms with E-state index in [1.807, 2.05) is 6.92 Å². The SMILES string of the molecule is Cc1ccc(OCC(C=Nc2ccc(F)c(C(F)(F)F)c2)=NN)nc1. The standard InChI is InChI=1S/C16H14F4N4O/c1-10-2-5-15(23-7-10)25-9-12(24-21)8-22-11-3-4-14(17)13(6-11)16(18,19)20/h2-8H,9,21H2,1H3. The molecule has 0 aliphatic carbocycles. The number of aryl methyl sites for hydroxylation is 1. The van der Waals surface area contributed by atoms with Crippen molar-refractivity contribution < 1.29 is 22.3 Å². The molecule has 0 fully saturated rings. The van der Waals surface area contributed by atoms with Crippen LogP contribution in [0.3, 0.4) is 0 Å². The van der Waals surface area contributed by atoms with Crippen LogP contribution in [-0.2, 0) is 6.18 Å². The van der Waals surface area contributed by atoms with Crippen LogP contribution < -0.4 is 10.6 Å². The minimum atomic E-state index is -4.80. The Morgan fingerprint density at radius 1 is 1.28 bits per heavy atom. The number of aliphatic imine (C=N–C) groups is 1.